The number of thiazole rings is 1. The summed E-state index contributed by atoms with van der Waals surface area (Å²) in [6.45, 7) is 0.389. The minimum Gasteiger partial charge on any atom is -0.350 e. The highest BCUT2D eigenvalue weighted by molar-refractivity contribution is 8.01. The number of hydrogen-bond acceptors (Lipinski definition) is 6. The number of nitrogens with one attached hydrogen (secondary N) is 2. The highest BCUT2D eigenvalue weighted by Crippen LogP contribution is 2.25. The molecule has 0 saturated carbocycles. The van der Waals surface area contributed by atoms with E-state index in [2.05, 4.69) is 20.6 Å². The Morgan fingerprint density at radius 1 is 0.935 bits per heavy atom. The molecule has 0 radical (unpaired) electrons. The van der Waals surface area contributed by atoms with E-state index in [1.165, 1.54) is 23.1 Å². The van der Waals surface area contributed by atoms with Crippen molar-refractivity contribution in [2.75, 3.05) is 11.1 Å². The third kappa shape index (κ3) is 5.90. The van der Waals surface area contributed by atoms with Crippen LogP contribution in [0.3, 0.4) is 0 Å². The fourth-order valence-corrected chi connectivity index (χ4v) is 4.65. The van der Waals surface area contributed by atoms with Gasteiger partial charge in [-0.15, -0.1) is 11.3 Å². The summed E-state index contributed by atoms with van der Waals surface area (Å²) in [5.41, 5.74) is 2.30. The maximum Gasteiger partial charge on any atom is 0.234 e. The largest absolute Gasteiger partial charge is 0.350 e. The second kappa shape index (κ2) is 10.2. The molecule has 2 heterocycles. The zero-order valence-electron chi connectivity index (χ0n) is 16.6. The molecule has 31 heavy (non-hydrogen) atoms. The Morgan fingerprint density at radius 2 is 1.77 bits per heavy atom. The Morgan fingerprint density at radius 3 is 2.65 bits per heavy atom. The number of amides is 2. The maximum absolute atomic E-state index is 12.4. The van der Waals surface area contributed by atoms with Gasteiger partial charge in [-0.25, -0.2) is 4.98 Å². The van der Waals surface area contributed by atoms with E-state index in [1.54, 1.807) is 6.20 Å². The number of pyridine rings is 1. The summed E-state index contributed by atoms with van der Waals surface area (Å²) in [5.74, 6) is 0.0506. The first-order valence-electron chi connectivity index (χ1n) is 9.69. The van der Waals surface area contributed by atoms with Crippen molar-refractivity contribution in [2.24, 2.45) is 0 Å². The number of nitrogens with zero attached hydrogens (tertiary/aromatic N) is 2. The summed E-state index contributed by atoms with van der Waals surface area (Å²) >= 11 is 2.80. The molecule has 0 spiro atoms. The SMILES string of the molecule is O=C(Cc1csc(SCC(=O)Nc2cccc3ccccc23)n1)NCc1ccccn1. The number of carbonyl (C=O) groups is 2. The van der Waals surface area contributed by atoms with E-state index in [0.29, 0.717) is 12.2 Å². The highest BCUT2D eigenvalue weighted by Gasteiger charge is 2.11. The third-order valence-electron chi connectivity index (χ3n) is 4.46. The molecule has 2 amide bonds. The number of benzene rings is 2. The lowest BCUT2D eigenvalue weighted by Gasteiger charge is -2.08. The monoisotopic (exact) mass is 448 g/mol. The summed E-state index contributed by atoms with van der Waals surface area (Å²) in [6.07, 6.45) is 1.90. The van der Waals surface area contributed by atoms with Crippen molar-refractivity contribution >= 4 is 51.4 Å². The quantitative estimate of drug-likeness (QED) is 0.393. The van der Waals surface area contributed by atoms with Gasteiger partial charge in [0.1, 0.15) is 0 Å². The normalized spacial score (nSPS) is 10.7. The molecular weight excluding hydrogens is 428 g/mol. The number of aromatic nitrogens is 2. The molecule has 2 aromatic carbocycles. The van der Waals surface area contributed by atoms with Crippen LogP contribution in [0.2, 0.25) is 0 Å². The summed E-state index contributed by atoms with van der Waals surface area (Å²) in [4.78, 5) is 33.2. The van der Waals surface area contributed by atoms with E-state index in [-0.39, 0.29) is 24.0 Å². The molecule has 4 aromatic rings. The Bertz CT molecular complexity index is 1190. The summed E-state index contributed by atoms with van der Waals surface area (Å²) < 4.78 is 0.764. The second-order valence-electron chi connectivity index (χ2n) is 6.74. The van der Waals surface area contributed by atoms with Crippen molar-refractivity contribution in [3.8, 4) is 0 Å². The van der Waals surface area contributed by atoms with Crippen molar-refractivity contribution in [3.05, 3.63) is 83.6 Å². The van der Waals surface area contributed by atoms with Crippen LogP contribution >= 0.6 is 23.1 Å². The fourth-order valence-electron chi connectivity index (χ4n) is 3.00. The van der Waals surface area contributed by atoms with Gasteiger partial charge in [0.25, 0.3) is 0 Å². The average molecular weight is 449 g/mol. The molecule has 156 valence electrons. The molecule has 0 aliphatic heterocycles. The number of carbonyl (C=O) groups excluding carboxylic acids is 2. The molecule has 6 nitrogen and oxygen atoms in total. The first kappa shape index (κ1) is 21.0. The lowest BCUT2D eigenvalue weighted by molar-refractivity contribution is -0.120. The van der Waals surface area contributed by atoms with Gasteiger partial charge in [-0.05, 0) is 23.6 Å². The molecule has 0 unspecified atom stereocenters. The molecule has 4 rings (SSSR count). The van der Waals surface area contributed by atoms with Gasteiger partial charge in [0.2, 0.25) is 11.8 Å². The average Bonchev–Trinajstić information content (AvgIpc) is 3.24. The van der Waals surface area contributed by atoms with Crippen molar-refractivity contribution in [1.82, 2.24) is 15.3 Å². The molecule has 0 bridgehead atoms. The zero-order valence-corrected chi connectivity index (χ0v) is 18.2. The van der Waals surface area contributed by atoms with E-state index >= 15 is 0 Å². The topological polar surface area (TPSA) is 84.0 Å². The Balaban J connectivity index is 1.26. The first-order valence-corrected chi connectivity index (χ1v) is 11.6. The zero-order chi connectivity index (χ0) is 21.5. The van der Waals surface area contributed by atoms with Gasteiger partial charge < -0.3 is 10.6 Å². The maximum atomic E-state index is 12.4. The van der Waals surface area contributed by atoms with Gasteiger partial charge in [0.05, 0.1) is 30.1 Å². The van der Waals surface area contributed by atoms with Crippen molar-refractivity contribution in [2.45, 2.75) is 17.3 Å². The number of fused-ring (bicyclic) bond motifs is 1. The fraction of sp³-hybridized carbons (Fsp3) is 0.130. The Hall–Kier alpha value is -3.23. The van der Waals surface area contributed by atoms with Gasteiger partial charge in [-0.3, -0.25) is 14.6 Å². The van der Waals surface area contributed by atoms with E-state index in [9.17, 15) is 9.59 Å². The summed E-state index contributed by atoms with van der Waals surface area (Å²) in [5, 5.41) is 9.76. The molecule has 0 atom stereocenters. The van der Waals surface area contributed by atoms with Crippen LogP contribution in [-0.4, -0.2) is 27.5 Å². The van der Waals surface area contributed by atoms with Gasteiger partial charge in [-0.1, -0.05) is 54.2 Å². The molecule has 2 aromatic heterocycles. The Labute approximate surface area is 188 Å². The lowest BCUT2D eigenvalue weighted by atomic mass is 10.1. The van der Waals surface area contributed by atoms with Crippen molar-refractivity contribution in [3.63, 3.8) is 0 Å². The Kier molecular flexibility index (Phi) is 6.91. The predicted molar refractivity (Wildman–Crippen MR) is 125 cm³/mol. The smallest absolute Gasteiger partial charge is 0.234 e. The van der Waals surface area contributed by atoms with Crippen LogP contribution in [0.25, 0.3) is 10.8 Å². The standard InChI is InChI=1S/C23H20N4O2S2/c28-21(25-13-17-8-3-4-11-24-17)12-18-14-30-23(26-18)31-15-22(29)27-20-10-5-7-16-6-1-2-9-19(16)20/h1-11,14H,12-13,15H2,(H,25,28)(H,27,29). The van der Waals surface area contributed by atoms with E-state index in [0.717, 1.165) is 26.5 Å². The number of thioether (sulfide) groups is 1. The molecule has 8 heteroatoms. The van der Waals surface area contributed by atoms with Crippen LogP contribution in [0.5, 0.6) is 0 Å². The highest BCUT2D eigenvalue weighted by atomic mass is 32.2. The van der Waals surface area contributed by atoms with E-state index in [1.807, 2.05) is 66.0 Å². The van der Waals surface area contributed by atoms with Gasteiger partial charge in [0, 0.05) is 22.7 Å². The minimum atomic E-state index is -0.110. The van der Waals surface area contributed by atoms with Crippen LogP contribution in [0.15, 0.2) is 76.6 Å². The van der Waals surface area contributed by atoms with Gasteiger partial charge >= 0.3 is 0 Å². The third-order valence-corrected chi connectivity index (χ3v) is 6.53. The van der Waals surface area contributed by atoms with Crippen LogP contribution in [0, 0.1) is 0 Å². The minimum absolute atomic E-state index is 0.0915. The summed E-state index contributed by atoms with van der Waals surface area (Å²) in [6, 6.07) is 19.4. The van der Waals surface area contributed by atoms with Gasteiger partial charge in [0.15, 0.2) is 4.34 Å². The van der Waals surface area contributed by atoms with Crippen LogP contribution in [-0.2, 0) is 22.6 Å². The van der Waals surface area contributed by atoms with Gasteiger partial charge in [-0.2, -0.15) is 0 Å². The summed E-state index contributed by atoms with van der Waals surface area (Å²) in [7, 11) is 0. The second-order valence-corrected chi connectivity index (χ2v) is 8.82. The molecule has 0 aliphatic rings. The molecule has 2 N–H and O–H groups in total. The predicted octanol–water partition coefficient (Wildman–Crippen LogP) is 4.28. The van der Waals surface area contributed by atoms with Crippen molar-refractivity contribution < 1.29 is 9.59 Å². The molecule has 0 fully saturated rings. The number of hydrogen-bond donors (Lipinski definition) is 2. The van der Waals surface area contributed by atoms with Crippen LogP contribution in [0.1, 0.15) is 11.4 Å². The number of anilines is 1. The molecule has 0 aliphatic carbocycles. The molecular formula is C23H20N4O2S2. The van der Waals surface area contributed by atoms with Crippen LogP contribution in [0.4, 0.5) is 5.69 Å². The van der Waals surface area contributed by atoms with E-state index in [4.69, 9.17) is 0 Å². The molecule has 0 saturated heterocycles. The lowest BCUT2D eigenvalue weighted by Crippen LogP contribution is -2.25. The number of rotatable bonds is 8. The van der Waals surface area contributed by atoms with E-state index < -0.39 is 0 Å². The first-order chi connectivity index (χ1) is 15.2. The van der Waals surface area contributed by atoms with Crippen LogP contribution < -0.4 is 10.6 Å². The van der Waals surface area contributed by atoms with Crippen molar-refractivity contribution in [1.29, 1.82) is 0 Å².